The number of para-hydroxylation sites is 2. The minimum Gasteiger partial charge on any atom is -0.398 e. The van der Waals surface area contributed by atoms with E-state index in [1.165, 1.54) is 22.0 Å². The molecule has 0 amide bonds. The Labute approximate surface area is 142 Å². The minimum absolute atomic E-state index is 0.124. The Hall–Kier alpha value is -3.00. The molecule has 4 aromatic rings. The van der Waals surface area contributed by atoms with E-state index in [2.05, 4.69) is 84.5 Å². The highest BCUT2D eigenvalue weighted by Crippen LogP contribution is 2.38. The fourth-order valence-corrected chi connectivity index (χ4v) is 3.55. The monoisotopic (exact) mass is 312 g/mol. The fourth-order valence-electron chi connectivity index (χ4n) is 3.55. The van der Waals surface area contributed by atoms with Crippen molar-refractivity contribution in [3.05, 3.63) is 102 Å². The lowest BCUT2D eigenvalue weighted by Gasteiger charge is -2.20. The van der Waals surface area contributed by atoms with Gasteiger partial charge in [0.15, 0.2) is 0 Å². The molecule has 0 spiro atoms. The van der Waals surface area contributed by atoms with Crippen molar-refractivity contribution in [1.82, 2.24) is 4.57 Å². The van der Waals surface area contributed by atoms with Crippen molar-refractivity contribution in [2.24, 2.45) is 7.05 Å². The normalized spacial score (nSPS) is 12.4. The van der Waals surface area contributed by atoms with Gasteiger partial charge in [-0.1, -0.05) is 66.7 Å². The number of hydrogen-bond acceptors (Lipinski definition) is 1. The molecule has 1 atom stereocenters. The van der Waals surface area contributed by atoms with Crippen LogP contribution in [0.15, 0.2) is 85.1 Å². The second-order valence-corrected chi connectivity index (χ2v) is 6.19. The molecule has 0 aliphatic heterocycles. The first-order chi connectivity index (χ1) is 11.8. The Kier molecular flexibility index (Phi) is 3.58. The summed E-state index contributed by atoms with van der Waals surface area (Å²) in [6.07, 6.45) is 2.23. The number of nitrogens with zero attached hydrogens (tertiary/aromatic N) is 1. The van der Waals surface area contributed by atoms with Gasteiger partial charge in [-0.25, -0.2) is 0 Å². The number of nitrogen functional groups attached to an aromatic ring is 1. The molecule has 0 bridgehead atoms. The molecule has 2 nitrogen and oxygen atoms in total. The molecule has 4 rings (SSSR count). The predicted octanol–water partition coefficient (Wildman–Crippen LogP) is 4.94. The van der Waals surface area contributed by atoms with Crippen molar-refractivity contribution in [1.29, 1.82) is 0 Å². The van der Waals surface area contributed by atoms with Crippen LogP contribution in [0.25, 0.3) is 10.9 Å². The van der Waals surface area contributed by atoms with E-state index in [0.29, 0.717) is 0 Å². The highest BCUT2D eigenvalue weighted by molar-refractivity contribution is 5.86. The van der Waals surface area contributed by atoms with Crippen LogP contribution in [-0.4, -0.2) is 4.57 Å². The predicted molar refractivity (Wildman–Crippen MR) is 101 cm³/mol. The van der Waals surface area contributed by atoms with E-state index in [1.807, 2.05) is 12.1 Å². The molecule has 0 saturated carbocycles. The van der Waals surface area contributed by atoms with E-state index in [4.69, 9.17) is 5.73 Å². The molecule has 0 radical (unpaired) electrons. The third kappa shape index (κ3) is 2.37. The molecule has 1 aromatic heterocycles. The maximum absolute atomic E-state index is 6.34. The topological polar surface area (TPSA) is 30.9 Å². The Morgan fingerprint density at radius 1 is 0.750 bits per heavy atom. The lowest BCUT2D eigenvalue weighted by atomic mass is 9.84. The van der Waals surface area contributed by atoms with Gasteiger partial charge in [0.25, 0.3) is 0 Å². The van der Waals surface area contributed by atoms with Gasteiger partial charge < -0.3 is 10.3 Å². The first-order valence-electron chi connectivity index (χ1n) is 8.19. The molecule has 0 aliphatic carbocycles. The van der Waals surface area contributed by atoms with E-state index < -0.39 is 0 Å². The van der Waals surface area contributed by atoms with Crippen molar-refractivity contribution >= 4 is 16.6 Å². The van der Waals surface area contributed by atoms with Crippen molar-refractivity contribution in [3.63, 3.8) is 0 Å². The van der Waals surface area contributed by atoms with Crippen LogP contribution in [0.1, 0.15) is 22.6 Å². The summed E-state index contributed by atoms with van der Waals surface area (Å²) in [6.45, 7) is 0. The van der Waals surface area contributed by atoms with Gasteiger partial charge in [0, 0.05) is 35.8 Å². The van der Waals surface area contributed by atoms with E-state index >= 15 is 0 Å². The summed E-state index contributed by atoms with van der Waals surface area (Å²) in [6, 6.07) is 27.3. The molecular weight excluding hydrogens is 292 g/mol. The second-order valence-electron chi connectivity index (χ2n) is 6.19. The number of rotatable bonds is 3. The van der Waals surface area contributed by atoms with Crippen molar-refractivity contribution < 1.29 is 0 Å². The number of anilines is 1. The summed E-state index contributed by atoms with van der Waals surface area (Å²) in [7, 11) is 2.10. The van der Waals surface area contributed by atoms with Crippen LogP contribution in [-0.2, 0) is 7.05 Å². The number of benzene rings is 3. The highest BCUT2D eigenvalue weighted by Gasteiger charge is 2.22. The maximum atomic E-state index is 6.34. The van der Waals surface area contributed by atoms with Gasteiger partial charge >= 0.3 is 0 Å². The summed E-state index contributed by atoms with van der Waals surface area (Å²) >= 11 is 0. The summed E-state index contributed by atoms with van der Waals surface area (Å²) in [5.74, 6) is 0.124. The number of fused-ring (bicyclic) bond motifs is 1. The van der Waals surface area contributed by atoms with Crippen LogP contribution in [0.2, 0.25) is 0 Å². The SMILES string of the molecule is Cn1cc(C(c2ccccc2)c2ccccc2N)c2ccccc21. The summed E-state index contributed by atoms with van der Waals surface area (Å²) in [5, 5.41) is 1.28. The van der Waals surface area contributed by atoms with Gasteiger partial charge in [-0.05, 0) is 28.8 Å². The zero-order chi connectivity index (χ0) is 16.5. The van der Waals surface area contributed by atoms with E-state index in [-0.39, 0.29) is 5.92 Å². The molecule has 0 aliphatic rings. The van der Waals surface area contributed by atoms with Crippen LogP contribution in [0, 0.1) is 0 Å². The largest absolute Gasteiger partial charge is 0.398 e. The van der Waals surface area contributed by atoms with Crippen LogP contribution in [0.3, 0.4) is 0 Å². The molecule has 3 aromatic carbocycles. The number of aromatic nitrogens is 1. The van der Waals surface area contributed by atoms with E-state index in [0.717, 1.165) is 11.3 Å². The third-order valence-corrected chi connectivity index (χ3v) is 4.68. The van der Waals surface area contributed by atoms with Crippen molar-refractivity contribution in [2.45, 2.75) is 5.92 Å². The molecular formula is C22H20N2. The lowest BCUT2D eigenvalue weighted by molar-refractivity contribution is 0.929. The molecule has 1 unspecified atom stereocenters. The van der Waals surface area contributed by atoms with Crippen LogP contribution in [0.4, 0.5) is 5.69 Å². The number of aryl methyl sites for hydroxylation is 1. The summed E-state index contributed by atoms with van der Waals surface area (Å²) in [5.41, 5.74) is 12.1. The van der Waals surface area contributed by atoms with Gasteiger partial charge in [0.2, 0.25) is 0 Å². The highest BCUT2D eigenvalue weighted by atomic mass is 14.9. The Balaban J connectivity index is 2.01. The maximum Gasteiger partial charge on any atom is 0.0480 e. The average Bonchev–Trinajstić information content (AvgIpc) is 2.95. The molecule has 2 N–H and O–H groups in total. The first kappa shape index (κ1) is 14.6. The van der Waals surface area contributed by atoms with E-state index in [9.17, 15) is 0 Å². The van der Waals surface area contributed by atoms with Crippen LogP contribution in [0.5, 0.6) is 0 Å². The average molecular weight is 312 g/mol. The second kappa shape index (κ2) is 5.89. The first-order valence-corrected chi connectivity index (χ1v) is 8.19. The standard InChI is InChI=1S/C22H20N2/c1-24-15-19(17-11-6-8-14-21(17)24)22(16-9-3-2-4-10-16)18-12-5-7-13-20(18)23/h2-15,22H,23H2,1H3. The molecule has 118 valence electrons. The van der Waals surface area contributed by atoms with Crippen molar-refractivity contribution in [2.75, 3.05) is 5.73 Å². The van der Waals surface area contributed by atoms with Crippen LogP contribution < -0.4 is 5.73 Å². The quantitative estimate of drug-likeness (QED) is 0.534. The third-order valence-electron chi connectivity index (χ3n) is 4.68. The molecule has 0 fully saturated rings. The Morgan fingerprint density at radius 3 is 2.21 bits per heavy atom. The Bertz CT molecular complexity index is 983. The molecule has 2 heteroatoms. The Morgan fingerprint density at radius 2 is 1.42 bits per heavy atom. The van der Waals surface area contributed by atoms with Gasteiger partial charge in [-0.2, -0.15) is 0 Å². The summed E-state index contributed by atoms with van der Waals surface area (Å²) < 4.78 is 2.19. The molecule has 0 saturated heterocycles. The van der Waals surface area contributed by atoms with Gasteiger partial charge in [0.05, 0.1) is 0 Å². The minimum atomic E-state index is 0.124. The summed E-state index contributed by atoms with van der Waals surface area (Å²) in [4.78, 5) is 0. The van der Waals surface area contributed by atoms with Gasteiger partial charge in [-0.3, -0.25) is 0 Å². The molecule has 1 heterocycles. The number of nitrogens with two attached hydrogens (primary N) is 1. The van der Waals surface area contributed by atoms with E-state index in [1.54, 1.807) is 0 Å². The van der Waals surface area contributed by atoms with Gasteiger partial charge in [0.1, 0.15) is 0 Å². The smallest absolute Gasteiger partial charge is 0.0480 e. The zero-order valence-corrected chi connectivity index (χ0v) is 13.7. The zero-order valence-electron chi connectivity index (χ0n) is 13.7. The fraction of sp³-hybridized carbons (Fsp3) is 0.0909. The van der Waals surface area contributed by atoms with Crippen LogP contribution >= 0.6 is 0 Å². The lowest BCUT2D eigenvalue weighted by Crippen LogP contribution is -2.06. The van der Waals surface area contributed by atoms with Crippen molar-refractivity contribution in [3.8, 4) is 0 Å². The van der Waals surface area contributed by atoms with Gasteiger partial charge in [-0.15, -0.1) is 0 Å². The molecule has 24 heavy (non-hydrogen) atoms. The number of hydrogen-bond donors (Lipinski definition) is 1.